The van der Waals surface area contributed by atoms with Crippen LogP contribution in [0.25, 0.3) is 0 Å². The number of carbonyl (C=O) groups is 1. The second kappa shape index (κ2) is 5.64. The topological polar surface area (TPSA) is 61.6 Å². The van der Waals surface area contributed by atoms with E-state index < -0.39 is 24.5 Å². The fourth-order valence-corrected chi connectivity index (χ4v) is 1.28. The van der Waals surface area contributed by atoms with Gasteiger partial charge in [-0.05, 0) is 24.3 Å². The van der Waals surface area contributed by atoms with Crippen LogP contribution in [-0.2, 0) is 10.9 Å². The normalized spacial score (nSPS) is 11.2. The number of carbonyl (C=O) groups excluding carboxylic acids is 1. The van der Waals surface area contributed by atoms with Crippen LogP contribution in [0.15, 0.2) is 41.1 Å². The molecule has 20 heavy (non-hydrogen) atoms. The fraction of sp³-hybridized carbons (Fsp3) is 0.167. The summed E-state index contributed by atoms with van der Waals surface area (Å²) in [6.45, 7) is -0.447. The lowest BCUT2D eigenvalue weighted by molar-refractivity contribution is -0.137. The van der Waals surface area contributed by atoms with E-state index in [0.717, 1.165) is 24.3 Å². The number of ether oxygens (including phenoxy) is 2. The molecule has 1 aromatic heterocycles. The van der Waals surface area contributed by atoms with Gasteiger partial charge in [-0.2, -0.15) is 13.2 Å². The van der Waals surface area contributed by atoms with E-state index in [-0.39, 0.29) is 11.4 Å². The minimum atomic E-state index is -4.40. The molecule has 1 heterocycles. The standard InChI is InChI=1S/C12H8F3NO4/c13-12(14,15)8-1-3-9(4-2-8)18-7-19-11(17)10-5-6-20-16-10/h1-6H,7H2. The molecule has 1 aromatic carbocycles. The van der Waals surface area contributed by atoms with Gasteiger partial charge in [0, 0.05) is 6.07 Å². The third-order valence-corrected chi connectivity index (χ3v) is 2.24. The number of rotatable bonds is 4. The van der Waals surface area contributed by atoms with Crippen molar-refractivity contribution in [2.45, 2.75) is 6.18 Å². The largest absolute Gasteiger partial charge is 0.457 e. The second-order valence-electron chi connectivity index (χ2n) is 3.60. The Hall–Kier alpha value is -2.51. The molecule has 2 aromatic rings. The van der Waals surface area contributed by atoms with Gasteiger partial charge in [0.1, 0.15) is 12.0 Å². The summed E-state index contributed by atoms with van der Waals surface area (Å²) in [5, 5.41) is 3.35. The fourth-order valence-electron chi connectivity index (χ4n) is 1.28. The maximum absolute atomic E-state index is 12.3. The summed E-state index contributed by atoms with van der Waals surface area (Å²) < 4.78 is 51.0. The third-order valence-electron chi connectivity index (χ3n) is 2.24. The van der Waals surface area contributed by atoms with Crippen molar-refractivity contribution in [3.05, 3.63) is 47.9 Å². The molecule has 0 aliphatic heterocycles. The zero-order chi connectivity index (χ0) is 14.6. The summed E-state index contributed by atoms with van der Waals surface area (Å²) in [6.07, 6.45) is -3.20. The minimum absolute atomic E-state index is 0.0268. The van der Waals surface area contributed by atoms with Crippen molar-refractivity contribution in [2.24, 2.45) is 0 Å². The molecular formula is C12H8F3NO4. The number of halogens is 3. The molecule has 0 atom stereocenters. The molecule has 0 radical (unpaired) electrons. The zero-order valence-corrected chi connectivity index (χ0v) is 9.89. The van der Waals surface area contributed by atoms with Crippen LogP contribution in [0.4, 0.5) is 13.2 Å². The van der Waals surface area contributed by atoms with Crippen LogP contribution in [-0.4, -0.2) is 17.9 Å². The van der Waals surface area contributed by atoms with Crippen LogP contribution in [0, 0.1) is 0 Å². The van der Waals surface area contributed by atoms with Gasteiger partial charge < -0.3 is 14.0 Å². The molecule has 0 fully saturated rings. The average Bonchev–Trinajstić information content (AvgIpc) is 2.92. The quantitative estimate of drug-likeness (QED) is 0.639. The molecule has 2 rings (SSSR count). The van der Waals surface area contributed by atoms with Crippen molar-refractivity contribution in [3.63, 3.8) is 0 Å². The molecule has 106 valence electrons. The smallest absolute Gasteiger partial charge is 0.416 e. The first kappa shape index (κ1) is 13.9. The van der Waals surface area contributed by atoms with Crippen LogP contribution < -0.4 is 4.74 Å². The highest BCUT2D eigenvalue weighted by Crippen LogP contribution is 2.30. The molecule has 0 saturated carbocycles. The Morgan fingerprint density at radius 1 is 1.20 bits per heavy atom. The predicted molar refractivity (Wildman–Crippen MR) is 58.9 cm³/mol. The Kier molecular flexibility index (Phi) is 3.92. The van der Waals surface area contributed by atoms with Crippen molar-refractivity contribution in [2.75, 3.05) is 6.79 Å². The van der Waals surface area contributed by atoms with Crippen LogP contribution >= 0.6 is 0 Å². The number of aromatic nitrogens is 1. The molecule has 8 heteroatoms. The lowest BCUT2D eigenvalue weighted by atomic mass is 10.2. The minimum Gasteiger partial charge on any atom is -0.457 e. The predicted octanol–water partition coefficient (Wildman–Crippen LogP) is 2.89. The summed E-state index contributed by atoms with van der Waals surface area (Å²) in [5.74, 6) is -0.614. The molecule has 0 unspecified atom stereocenters. The summed E-state index contributed by atoms with van der Waals surface area (Å²) in [5.41, 5.74) is -0.814. The van der Waals surface area contributed by atoms with Gasteiger partial charge in [-0.25, -0.2) is 4.79 Å². The highest BCUT2D eigenvalue weighted by atomic mass is 19.4. The van der Waals surface area contributed by atoms with Crippen LogP contribution in [0.2, 0.25) is 0 Å². The molecule has 0 N–H and O–H groups in total. The number of hydrogen-bond acceptors (Lipinski definition) is 5. The highest BCUT2D eigenvalue weighted by Gasteiger charge is 2.30. The van der Waals surface area contributed by atoms with Crippen LogP contribution in [0.1, 0.15) is 16.1 Å². The molecule has 5 nitrogen and oxygen atoms in total. The summed E-state index contributed by atoms with van der Waals surface area (Å²) in [7, 11) is 0. The molecule has 0 spiro atoms. The van der Waals surface area contributed by atoms with Crippen LogP contribution in [0.5, 0.6) is 5.75 Å². The monoisotopic (exact) mass is 287 g/mol. The van der Waals surface area contributed by atoms with Crippen molar-refractivity contribution in [1.82, 2.24) is 5.16 Å². The van der Waals surface area contributed by atoms with E-state index in [1.165, 1.54) is 12.3 Å². The van der Waals surface area contributed by atoms with E-state index in [2.05, 4.69) is 14.4 Å². The Labute approximate surface area is 110 Å². The summed E-state index contributed by atoms with van der Waals surface area (Å²) in [4.78, 5) is 11.3. The van der Waals surface area contributed by atoms with E-state index in [9.17, 15) is 18.0 Å². The number of benzene rings is 1. The van der Waals surface area contributed by atoms with Gasteiger partial charge in [-0.15, -0.1) is 0 Å². The maximum Gasteiger partial charge on any atom is 0.416 e. The van der Waals surface area contributed by atoms with E-state index in [1.807, 2.05) is 0 Å². The van der Waals surface area contributed by atoms with Crippen molar-refractivity contribution < 1.29 is 32.0 Å². The van der Waals surface area contributed by atoms with Crippen molar-refractivity contribution in [3.8, 4) is 5.75 Å². The first-order valence-electron chi connectivity index (χ1n) is 5.34. The number of hydrogen-bond donors (Lipinski definition) is 0. The van der Waals surface area contributed by atoms with Crippen LogP contribution in [0.3, 0.4) is 0 Å². The number of esters is 1. The lowest BCUT2D eigenvalue weighted by Gasteiger charge is -2.09. The van der Waals surface area contributed by atoms with E-state index >= 15 is 0 Å². The van der Waals surface area contributed by atoms with E-state index in [4.69, 9.17) is 4.74 Å². The SMILES string of the molecule is O=C(OCOc1ccc(C(F)(F)F)cc1)c1ccon1. The number of alkyl halides is 3. The van der Waals surface area contributed by atoms with Gasteiger partial charge >= 0.3 is 12.1 Å². The molecule has 0 aliphatic carbocycles. The Morgan fingerprint density at radius 3 is 2.45 bits per heavy atom. The van der Waals surface area contributed by atoms with E-state index in [1.54, 1.807) is 0 Å². The lowest BCUT2D eigenvalue weighted by Crippen LogP contribution is -2.11. The average molecular weight is 287 g/mol. The van der Waals surface area contributed by atoms with Gasteiger partial charge in [-0.1, -0.05) is 5.16 Å². The van der Waals surface area contributed by atoms with Gasteiger partial charge in [0.2, 0.25) is 6.79 Å². The molecule has 0 bridgehead atoms. The number of nitrogens with zero attached hydrogens (tertiary/aromatic N) is 1. The Balaban J connectivity index is 1.84. The summed E-state index contributed by atoms with van der Waals surface area (Å²) >= 11 is 0. The highest BCUT2D eigenvalue weighted by molar-refractivity contribution is 5.86. The Bertz CT molecular complexity index is 563. The van der Waals surface area contributed by atoms with Crippen molar-refractivity contribution >= 4 is 5.97 Å². The first-order valence-corrected chi connectivity index (χ1v) is 5.34. The first-order chi connectivity index (χ1) is 9.47. The van der Waals surface area contributed by atoms with Gasteiger partial charge in [0.25, 0.3) is 0 Å². The van der Waals surface area contributed by atoms with Crippen molar-refractivity contribution in [1.29, 1.82) is 0 Å². The van der Waals surface area contributed by atoms with Gasteiger partial charge in [0.05, 0.1) is 5.56 Å². The third kappa shape index (κ3) is 3.50. The Morgan fingerprint density at radius 2 is 1.90 bits per heavy atom. The molecule has 0 aliphatic rings. The maximum atomic E-state index is 12.3. The van der Waals surface area contributed by atoms with E-state index in [0.29, 0.717) is 0 Å². The molecule has 0 amide bonds. The summed E-state index contributed by atoms with van der Waals surface area (Å²) in [6, 6.07) is 5.31. The molecule has 0 saturated heterocycles. The van der Waals surface area contributed by atoms with Gasteiger partial charge in [-0.3, -0.25) is 0 Å². The second-order valence-corrected chi connectivity index (χ2v) is 3.60. The molecular weight excluding hydrogens is 279 g/mol. The zero-order valence-electron chi connectivity index (χ0n) is 9.89. The van der Waals surface area contributed by atoms with Gasteiger partial charge in [0.15, 0.2) is 5.69 Å².